The molecule has 1 aromatic carbocycles. The first-order valence-corrected chi connectivity index (χ1v) is 8.62. The number of para-hydroxylation sites is 2. The molecule has 1 saturated carbocycles. The zero-order chi connectivity index (χ0) is 15.6. The van der Waals surface area contributed by atoms with Crippen molar-refractivity contribution in [3.05, 3.63) is 48.3 Å². The summed E-state index contributed by atoms with van der Waals surface area (Å²) in [6, 6.07) is 11.0. The quantitative estimate of drug-likeness (QED) is 0.634. The van der Waals surface area contributed by atoms with Gasteiger partial charge in [-0.1, -0.05) is 28.4 Å². The average Bonchev–Trinajstić information content (AvgIpc) is 3.36. The van der Waals surface area contributed by atoms with Gasteiger partial charge in [0, 0.05) is 18.0 Å². The summed E-state index contributed by atoms with van der Waals surface area (Å²) >= 11 is 1.33. The number of aromatic nitrogens is 3. The van der Waals surface area contributed by atoms with Gasteiger partial charge < -0.3 is 4.74 Å². The Hall–Kier alpha value is -2.08. The standard InChI is InChI=1S/C17H16FN3OS/c18-21-16-4-2-1-3-15(16)20-17(21)23-11-13-9-14(7-8-19-13)22-10-12-5-6-12/h1-4,7-9,12H,5-6,10-11H2. The van der Waals surface area contributed by atoms with Gasteiger partial charge in [0.15, 0.2) is 5.16 Å². The number of hydrogen-bond acceptors (Lipinski definition) is 4. The fraction of sp³-hybridized carbons (Fsp3) is 0.294. The molecule has 1 aliphatic carbocycles. The van der Waals surface area contributed by atoms with Gasteiger partial charge in [-0.05, 0) is 37.0 Å². The van der Waals surface area contributed by atoms with Gasteiger partial charge in [0.05, 0.1) is 17.8 Å². The van der Waals surface area contributed by atoms with Crippen LogP contribution in [0, 0.1) is 5.92 Å². The number of rotatable bonds is 6. The fourth-order valence-corrected chi connectivity index (χ4v) is 3.13. The maximum absolute atomic E-state index is 14.2. The number of nitrogens with zero attached hydrogens (tertiary/aromatic N) is 3. The lowest BCUT2D eigenvalue weighted by Gasteiger charge is -2.06. The number of ether oxygens (including phenoxy) is 1. The van der Waals surface area contributed by atoms with Crippen molar-refractivity contribution in [3.63, 3.8) is 0 Å². The predicted molar refractivity (Wildman–Crippen MR) is 88.3 cm³/mol. The number of hydrogen-bond donors (Lipinski definition) is 0. The molecule has 0 saturated heterocycles. The molecular weight excluding hydrogens is 313 g/mol. The molecule has 0 amide bonds. The van der Waals surface area contributed by atoms with Crippen LogP contribution < -0.4 is 4.74 Å². The second-order valence-electron chi connectivity index (χ2n) is 5.69. The van der Waals surface area contributed by atoms with Gasteiger partial charge >= 0.3 is 0 Å². The van der Waals surface area contributed by atoms with E-state index in [1.807, 2.05) is 18.2 Å². The minimum atomic E-state index is 0.345. The van der Waals surface area contributed by atoms with E-state index in [2.05, 4.69) is 9.97 Å². The van der Waals surface area contributed by atoms with Gasteiger partial charge in [-0.25, -0.2) is 4.98 Å². The Morgan fingerprint density at radius 2 is 2.13 bits per heavy atom. The molecule has 0 spiro atoms. The Morgan fingerprint density at radius 1 is 1.26 bits per heavy atom. The van der Waals surface area contributed by atoms with E-state index in [0.717, 1.165) is 18.1 Å². The van der Waals surface area contributed by atoms with Crippen LogP contribution in [0.15, 0.2) is 47.8 Å². The molecule has 2 heterocycles. The molecule has 0 radical (unpaired) electrons. The van der Waals surface area contributed by atoms with Gasteiger partial charge in [0.1, 0.15) is 11.3 Å². The second-order valence-corrected chi connectivity index (χ2v) is 6.63. The van der Waals surface area contributed by atoms with E-state index in [1.165, 1.54) is 24.6 Å². The molecule has 1 aliphatic rings. The highest BCUT2D eigenvalue weighted by Gasteiger charge is 2.21. The molecule has 4 rings (SSSR count). The Balaban J connectivity index is 1.45. The van der Waals surface area contributed by atoms with Crippen molar-refractivity contribution in [1.29, 1.82) is 0 Å². The summed E-state index contributed by atoms with van der Waals surface area (Å²) in [5.41, 5.74) is 2.01. The highest BCUT2D eigenvalue weighted by molar-refractivity contribution is 7.98. The smallest absolute Gasteiger partial charge is 0.199 e. The van der Waals surface area contributed by atoms with Crippen LogP contribution in [0.1, 0.15) is 18.5 Å². The van der Waals surface area contributed by atoms with Crippen LogP contribution in [0.2, 0.25) is 0 Å². The summed E-state index contributed by atoms with van der Waals surface area (Å²) in [6.07, 6.45) is 4.26. The van der Waals surface area contributed by atoms with Crippen LogP contribution in [0.4, 0.5) is 4.48 Å². The molecule has 0 bridgehead atoms. The third kappa shape index (κ3) is 3.32. The van der Waals surface area contributed by atoms with E-state index in [-0.39, 0.29) is 0 Å². The largest absolute Gasteiger partial charge is 0.493 e. The average molecular weight is 329 g/mol. The maximum atomic E-state index is 14.2. The lowest BCUT2D eigenvalue weighted by molar-refractivity contribution is 0.299. The third-order valence-corrected chi connectivity index (χ3v) is 4.75. The Bertz CT molecular complexity index is 832. The second kappa shape index (κ2) is 6.20. The summed E-state index contributed by atoms with van der Waals surface area (Å²) in [7, 11) is 0. The minimum absolute atomic E-state index is 0.345. The molecule has 1 fully saturated rings. The van der Waals surface area contributed by atoms with Crippen LogP contribution in [0.3, 0.4) is 0 Å². The van der Waals surface area contributed by atoms with Crippen molar-refractivity contribution in [2.24, 2.45) is 5.92 Å². The normalized spacial score (nSPS) is 14.3. The van der Waals surface area contributed by atoms with E-state index < -0.39 is 0 Å². The molecule has 23 heavy (non-hydrogen) atoms. The monoisotopic (exact) mass is 329 g/mol. The van der Waals surface area contributed by atoms with Gasteiger partial charge in [0.25, 0.3) is 0 Å². The van der Waals surface area contributed by atoms with E-state index in [0.29, 0.717) is 32.6 Å². The number of fused-ring (bicyclic) bond motifs is 1. The number of thioether (sulfide) groups is 1. The van der Waals surface area contributed by atoms with Crippen LogP contribution in [0.5, 0.6) is 5.75 Å². The van der Waals surface area contributed by atoms with Crippen molar-refractivity contribution in [3.8, 4) is 5.75 Å². The summed E-state index contributed by atoms with van der Waals surface area (Å²) in [4.78, 5) is 9.26. The molecular formula is C17H16FN3OS. The van der Waals surface area contributed by atoms with E-state index in [4.69, 9.17) is 4.74 Å². The summed E-state index contributed by atoms with van der Waals surface area (Å²) < 4.78 is 20.0. The zero-order valence-corrected chi connectivity index (χ0v) is 13.3. The van der Waals surface area contributed by atoms with Crippen molar-refractivity contribution >= 4 is 22.8 Å². The Kier molecular flexibility index (Phi) is 3.91. The zero-order valence-electron chi connectivity index (χ0n) is 12.5. The number of halogens is 1. The van der Waals surface area contributed by atoms with Crippen LogP contribution in [-0.4, -0.2) is 21.4 Å². The molecule has 3 aromatic rings. The van der Waals surface area contributed by atoms with E-state index in [1.54, 1.807) is 24.4 Å². The number of benzene rings is 1. The van der Waals surface area contributed by atoms with Crippen molar-refractivity contribution in [2.75, 3.05) is 6.61 Å². The third-order valence-electron chi connectivity index (χ3n) is 3.80. The number of imidazole rings is 1. The van der Waals surface area contributed by atoms with E-state index in [9.17, 15) is 4.48 Å². The van der Waals surface area contributed by atoms with Crippen LogP contribution >= 0.6 is 11.8 Å². The van der Waals surface area contributed by atoms with E-state index >= 15 is 0 Å². The lowest BCUT2D eigenvalue weighted by Crippen LogP contribution is -2.00. The van der Waals surface area contributed by atoms with Gasteiger partial charge in [-0.3, -0.25) is 4.98 Å². The highest BCUT2D eigenvalue weighted by atomic mass is 32.2. The van der Waals surface area contributed by atoms with Gasteiger partial charge in [-0.2, -0.15) is 4.79 Å². The Labute approximate surface area is 137 Å². The van der Waals surface area contributed by atoms with Crippen molar-refractivity contribution < 1.29 is 9.22 Å². The first kappa shape index (κ1) is 14.5. The van der Waals surface area contributed by atoms with Crippen LogP contribution in [0.25, 0.3) is 11.0 Å². The molecule has 0 unspecified atom stereocenters. The first-order chi connectivity index (χ1) is 11.3. The van der Waals surface area contributed by atoms with Crippen LogP contribution in [-0.2, 0) is 5.75 Å². The SMILES string of the molecule is Fn1c(SCc2cc(OCC3CC3)ccn2)nc2ccccc21. The fourth-order valence-electron chi connectivity index (χ4n) is 2.33. The summed E-state index contributed by atoms with van der Waals surface area (Å²) in [5, 5.41) is 0.345. The van der Waals surface area contributed by atoms with Crippen molar-refractivity contribution in [2.45, 2.75) is 23.8 Å². The predicted octanol–water partition coefficient (Wildman–Crippen LogP) is 4.25. The number of pyridine rings is 1. The minimum Gasteiger partial charge on any atom is -0.493 e. The van der Waals surface area contributed by atoms with Crippen molar-refractivity contribution in [1.82, 2.24) is 14.8 Å². The first-order valence-electron chi connectivity index (χ1n) is 7.64. The topological polar surface area (TPSA) is 39.9 Å². The summed E-state index contributed by atoms with van der Waals surface area (Å²) in [5.74, 6) is 2.09. The maximum Gasteiger partial charge on any atom is 0.199 e. The molecule has 0 aliphatic heterocycles. The Morgan fingerprint density at radius 3 is 2.96 bits per heavy atom. The van der Waals surface area contributed by atoms with Gasteiger partial charge in [0.2, 0.25) is 0 Å². The molecule has 0 atom stereocenters. The molecule has 0 N–H and O–H groups in total. The summed E-state index contributed by atoms with van der Waals surface area (Å²) in [6.45, 7) is 0.775. The lowest BCUT2D eigenvalue weighted by atomic mass is 10.3. The highest BCUT2D eigenvalue weighted by Crippen LogP contribution is 2.30. The molecule has 4 nitrogen and oxygen atoms in total. The molecule has 6 heteroatoms. The molecule has 2 aromatic heterocycles. The van der Waals surface area contributed by atoms with Gasteiger partial charge in [-0.15, -0.1) is 0 Å². The molecule has 118 valence electrons.